The molecule has 1 aliphatic carbocycles. The average molecular weight is 323 g/mol. The molecule has 0 radical (unpaired) electrons. The smallest absolute Gasteiger partial charge is 0.303 e. The number of hydrogen-bond donors (Lipinski definition) is 2. The number of hydrogen-bond acceptors (Lipinski definition) is 3. The summed E-state index contributed by atoms with van der Waals surface area (Å²) in [6, 6.07) is 1.77. The molecule has 2 N–H and O–H groups in total. The van der Waals surface area contributed by atoms with Gasteiger partial charge in [-0.25, -0.2) is 0 Å². The maximum atomic E-state index is 10.9. The van der Waals surface area contributed by atoms with Gasteiger partial charge in [0, 0.05) is 18.4 Å². The Labute approximate surface area is 133 Å². The predicted octanol–water partition coefficient (Wildman–Crippen LogP) is 4.32. The van der Waals surface area contributed by atoms with E-state index in [2.05, 4.69) is 6.92 Å². The Morgan fingerprint density at radius 1 is 1.50 bits per heavy atom. The zero-order valence-corrected chi connectivity index (χ0v) is 13.2. The van der Waals surface area contributed by atoms with Gasteiger partial charge in [0.1, 0.15) is 11.5 Å². The summed E-state index contributed by atoms with van der Waals surface area (Å²) in [6.45, 7) is 2.05. The van der Waals surface area contributed by atoms with Crippen molar-refractivity contribution in [3.8, 4) is 5.75 Å². The Hall–Kier alpha value is -1.68. The maximum absolute atomic E-state index is 10.9. The van der Waals surface area contributed by atoms with Crippen molar-refractivity contribution >= 4 is 28.5 Å². The van der Waals surface area contributed by atoms with Crippen LogP contribution in [0.5, 0.6) is 5.75 Å². The second-order valence-electron chi connectivity index (χ2n) is 6.03. The molecule has 1 aliphatic rings. The van der Waals surface area contributed by atoms with Crippen molar-refractivity contribution in [3.05, 3.63) is 28.0 Å². The van der Waals surface area contributed by atoms with Gasteiger partial charge >= 0.3 is 5.97 Å². The summed E-state index contributed by atoms with van der Waals surface area (Å²) in [4.78, 5) is 10.9. The van der Waals surface area contributed by atoms with Crippen molar-refractivity contribution in [3.63, 3.8) is 0 Å². The van der Waals surface area contributed by atoms with Crippen molar-refractivity contribution in [1.29, 1.82) is 0 Å². The third-order valence-electron chi connectivity index (χ3n) is 4.41. The van der Waals surface area contributed by atoms with E-state index in [1.54, 1.807) is 6.07 Å². The summed E-state index contributed by atoms with van der Waals surface area (Å²) in [7, 11) is 0. The minimum Gasteiger partial charge on any atom is -0.507 e. The van der Waals surface area contributed by atoms with Crippen LogP contribution in [0.2, 0.25) is 5.02 Å². The second kappa shape index (κ2) is 5.84. The lowest BCUT2D eigenvalue weighted by molar-refractivity contribution is -0.138. The number of aliphatic carboxylic acids is 1. The van der Waals surface area contributed by atoms with Crippen LogP contribution < -0.4 is 0 Å². The first kappa shape index (κ1) is 15.2. The summed E-state index contributed by atoms with van der Waals surface area (Å²) >= 11 is 6.31. The zero-order chi connectivity index (χ0) is 15.9. The van der Waals surface area contributed by atoms with Crippen LogP contribution in [0.15, 0.2) is 10.5 Å². The van der Waals surface area contributed by atoms with Gasteiger partial charge in [0.15, 0.2) is 5.58 Å². The molecule has 0 saturated heterocycles. The summed E-state index contributed by atoms with van der Waals surface area (Å²) in [5.74, 6) is 0.346. The standard InChI is InChI=1S/C17H19ClO4/c1-2-3-10-8-12(18)17-15(16(10)21)11-5-4-9(7-14(19)20)6-13(11)22-17/h8-9,21H,2-7H2,1H3,(H,19,20)/t9-/m0/s1. The summed E-state index contributed by atoms with van der Waals surface area (Å²) in [5.41, 5.74) is 2.37. The molecule has 1 atom stereocenters. The van der Waals surface area contributed by atoms with E-state index in [9.17, 15) is 9.90 Å². The van der Waals surface area contributed by atoms with Gasteiger partial charge in [-0.3, -0.25) is 4.79 Å². The Kier molecular flexibility index (Phi) is 4.04. The normalized spacial score (nSPS) is 17.6. The molecule has 0 amide bonds. The van der Waals surface area contributed by atoms with E-state index in [1.807, 2.05) is 0 Å². The third kappa shape index (κ3) is 2.56. The summed E-state index contributed by atoms with van der Waals surface area (Å²) < 4.78 is 5.86. The largest absolute Gasteiger partial charge is 0.507 e. The monoisotopic (exact) mass is 322 g/mol. The van der Waals surface area contributed by atoms with Gasteiger partial charge in [0.25, 0.3) is 0 Å². The number of furan rings is 1. The number of aromatic hydroxyl groups is 1. The highest BCUT2D eigenvalue weighted by molar-refractivity contribution is 6.35. The number of fused-ring (bicyclic) bond motifs is 3. The number of aryl methyl sites for hydroxylation is 2. The van der Waals surface area contributed by atoms with E-state index in [1.165, 1.54) is 0 Å². The Morgan fingerprint density at radius 3 is 2.95 bits per heavy atom. The van der Waals surface area contributed by atoms with E-state index in [0.717, 1.165) is 48.0 Å². The number of rotatable bonds is 4. The molecule has 0 spiro atoms. The van der Waals surface area contributed by atoms with Crippen molar-refractivity contribution < 1.29 is 19.4 Å². The lowest BCUT2D eigenvalue weighted by atomic mass is 9.85. The molecular weight excluding hydrogens is 304 g/mol. The van der Waals surface area contributed by atoms with Gasteiger partial charge in [-0.05, 0) is 36.8 Å². The van der Waals surface area contributed by atoms with E-state index < -0.39 is 5.97 Å². The molecule has 1 aromatic carbocycles. The molecule has 5 heteroatoms. The lowest BCUT2D eigenvalue weighted by Crippen LogP contribution is -2.16. The van der Waals surface area contributed by atoms with E-state index in [4.69, 9.17) is 21.1 Å². The van der Waals surface area contributed by atoms with Crippen LogP contribution in [0.1, 0.15) is 43.1 Å². The van der Waals surface area contributed by atoms with Crippen molar-refractivity contribution in [2.45, 2.75) is 45.4 Å². The number of phenols is 1. The summed E-state index contributed by atoms with van der Waals surface area (Å²) in [5, 5.41) is 20.7. The van der Waals surface area contributed by atoms with E-state index in [0.29, 0.717) is 17.0 Å². The molecule has 118 valence electrons. The quantitative estimate of drug-likeness (QED) is 0.879. The van der Waals surface area contributed by atoms with Gasteiger partial charge in [0.05, 0.1) is 10.4 Å². The van der Waals surface area contributed by atoms with Crippen molar-refractivity contribution in [1.82, 2.24) is 0 Å². The zero-order valence-electron chi connectivity index (χ0n) is 12.5. The number of carboxylic acid groups (broad SMARTS) is 1. The molecular formula is C17H19ClO4. The van der Waals surface area contributed by atoms with Crippen LogP contribution in [0.25, 0.3) is 11.0 Å². The first-order valence-electron chi connectivity index (χ1n) is 7.67. The molecule has 1 aromatic heterocycles. The molecule has 2 aromatic rings. The first-order chi connectivity index (χ1) is 10.5. The van der Waals surface area contributed by atoms with Crippen LogP contribution in [0, 0.1) is 5.92 Å². The molecule has 0 saturated carbocycles. The molecule has 4 nitrogen and oxygen atoms in total. The molecule has 1 heterocycles. The highest BCUT2D eigenvalue weighted by Crippen LogP contribution is 2.43. The van der Waals surface area contributed by atoms with Gasteiger partial charge in [-0.15, -0.1) is 0 Å². The Bertz CT molecular complexity index is 732. The minimum absolute atomic E-state index is 0.0848. The first-order valence-corrected chi connectivity index (χ1v) is 8.05. The van der Waals surface area contributed by atoms with Gasteiger partial charge in [-0.2, -0.15) is 0 Å². The Morgan fingerprint density at radius 2 is 2.27 bits per heavy atom. The molecule has 3 rings (SSSR count). The maximum Gasteiger partial charge on any atom is 0.303 e. The van der Waals surface area contributed by atoms with Crippen LogP contribution in [0.3, 0.4) is 0 Å². The number of benzene rings is 1. The van der Waals surface area contributed by atoms with Crippen LogP contribution in [0.4, 0.5) is 0 Å². The van der Waals surface area contributed by atoms with Gasteiger partial charge in [0.2, 0.25) is 0 Å². The fourth-order valence-corrected chi connectivity index (χ4v) is 3.67. The number of carboxylic acids is 1. The third-order valence-corrected chi connectivity index (χ3v) is 4.69. The number of carbonyl (C=O) groups is 1. The van der Waals surface area contributed by atoms with Crippen molar-refractivity contribution in [2.75, 3.05) is 0 Å². The van der Waals surface area contributed by atoms with Crippen LogP contribution >= 0.6 is 11.6 Å². The fraction of sp³-hybridized carbons (Fsp3) is 0.471. The fourth-order valence-electron chi connectivity index (χ4n) is 3.40. The highest BCUT2D eigenvalue weighted by atomic mass is 35.5. The van der Waals surface area contributed by atoms with E-state index in [-0.39, 0.29) is 18.1 Å². The second-order valence-corrected chi connectivity index (χ2v) is 6.44. The molecule has 0 unspecified atom stereocenters. The topological polar surface area (TPSA) is 70.7 Å². The lowest BCUT2D eigenvalue weighted by Gasteiger charge is -2.19. The van der Waals surface area contributed by atoms with Crippen molar-refractivity contribution in [2.24, 2.45) is 5.92 Å². The number of halogens is 1. The SMILES string of the molecule is CCCc1cc(Cl)c2oc3c(c2c1O)CC[C@H](CC(=O)O)C3. The van der Waals surface area contributed by atoms with Crippen LogP contribution in [-0.2, 0) is 24.1 Å². The molecule has 22 heavy (non-hydrogen) atoms. The Balaban J connectivity index is 2.07. The molecule has 0 fully saturated rings. The van der Waals surface area contributed by atoms with E-state index >= 15 is 0 Å². The summed E-state index contributed by atoms with van der Waals surface area (Å²) in [6.07, 6.45) is 3.95. The van der Waals surface area contributed by atoms with Gasteiger partial charge in [-0.1, -0.05) is 24.9 Å². The number of phenolic OH excluding ortho intramolecular Hbond substituents is 1. The highest BCUT2D eigenvalue weighted by Gasteiger charge is 2.28. The van der Waals surface area contributed by atoms with Crippen LogP contribution in [-0.4, -0.2) is 16.2 Å². The minimum atomic E-state index is -0.782. The molecule has 0 aliphatic heterocycles. The van der Waals surface area contributed by atoms with Gasteiger partial charge < -0.3 is 14.6 Å². The average Bonchev–Trinajstić information content (AvgIpc) is 2.83. The predicted molar refractivity (Wildman–Crippen MR) is 84.7 cm³/mol. The molecule has 0 bridgehead atoms.